The molecule has 0 aliphatic carbocycles. The Morgan fingerprint density at radius 3 is 2.77 bits per heavy atom. The summed E-state index contributed by atoms with van der Waals surface area (Å²) in [5.41, 5.74) is -0.103. The molecule has 0 aromatic carbocycles. The number of aryl methyl sites for hydroxylation is 1. The van der Waals surface area contributed by atoms with Gasteiger partial charge in [0, 0.05) is 43.9 Å². The molecule has 1 fully saturated rings. The van der Waals surface area contributed by atoms with Crippen LogP contribution in [0.3, 0.4) is 0 Å². The first-order valence-electron chi connectivity index (χ1n) is 7.71. The quantitative estimate of drug-likeness (QED) is 0.913. The molecule has 1 N–H and O–H groups in total. The van der Waals surface area contributed by atoms with Crippen LogP contribution >= 0.6 is 12.4 Å². The predicted octanol–water partition coefficient (Wildman–Crippen LogP) is 1.93. The molecule has 1 atom stereocenters. The Hall–Kier alpha value is -1.14. The standard InChI is InChI=1S/C15H26N4O2.ClH/c1-11-10-16-8-9-19(11)13(20)7-5-6-12-17-14(18-21-12)15(2,3)4;/h11,16H,5-10H2,1-4H3;1H. The lowest BCUT2D eigenvalue weighted by Crippen LogP contribution is -2.52. The molecule has 1 unspecified atom stereocenters. The van der Waals surface area contributed by atoms with Crippen LogP contribution in [-0.4, -0.2) is 46.6 Å². The summed E-state index contributed by atoms with van der Waals surface area (Å²) in [5.74, 6) is 1.57. The van der Waals surface area contributed by atoms with Crippen molar-refractivity contribution in [2.75, 3.05) is 19.6 Å². The van der Waals surface area contributed by atoms with Crippen molar-refractivity contribution in [3.05, 3.63) is 11.7 Å². The van der Waals surface area contributed by atoms with E-state index in [0.717, 1.165) is 31.9 Å². The third kappa shape index (κ3) is 4.95. The Morgan fingerprint density at radius 2 is 2.18 bits per heavy atom. The first-order chi connectivity index (χ1) is 9.88. The average Bonchev–Trinajstić information content (AvgIpc) is 2.88. The van der Waals surface area contributed by atoms with E-state index in [-0.39, 0.29) is 29.8 Å². The van der Waals surface area contributed by atoms with Crippen molar-refractivity contribution >= 4 is 18.3 Å². The highest BCUT2D eigenvalue weighted by Gasteiger charge is 2.23. The second-order valence-corrected chi connectivity index (χ2v) is 6.76. The molecule has 2 heterocycles. The van der Waals surface area contributed by atoms with E-state index < -0.39 is 0 Å². The molecule has 2 rings (SSSR count). The van der Waals surface area contributed by atoms with Gasteiger partial charge < -0.3 is 14.7 Å². The first-order valence-corrected chi connectivity index (χ1v) is 7.71. The highest BCUT2D eigenvalue weighted by molar-refractivity contribution is 5.85. The number of amides is 1. The third-order valence-electron chi connectivity index (χ3n) is 3.74. The molecular weight excluding hydrogens is 304 g/mol. The van der Waals surface area contributed by atoms with Crippen LogP contribution in [0.25, 0.3) is 0 Å². The third-order valence-corrected chi connectivity index (χ3v) is 3.74. The Balaban J connectivity index is 0.00000242. The zero-order valence-electron chi connectivity index (χ0n) is 13.9. The van der Waals surface area contributed by atoms with Crippen LogP contribution in [0.15, 0.2) is 4.52 Å². The number of hydrogen-bond acceptors (Lipinski definition) is 5. The topological polar surface area (TPSA) is 71.3 Å². The van der Waals surface area contributed by atoms with Crippen molar-refractivity contribution < 1.29 is 9.32 Å². The van der Waals surface area contributed by atoms with Gasteiger partial charge in [0.05, 0.1) is 0 Å². The summed E-state index contributed by atoms with van der Waals surface area (Å²) >= 11 is 0. The molecule has 1 saturated heterocycles. The molecule has 1 aliphatic heterocycles. The highest BCUT2D eigenvalue weighted by atomic mass is 35.5. The van der Waals surface area contributed by atoms with Crippen LogP contribution in [-0.2, 0) is 16.6 Å². The molecule has 0 radical (unpaired) electrons. The molecule has 0 spiro atoms. The van der Waals surface area contributed by atoms with E-state index in [9.17, 15) is 4.79 Å². The number of nitrogens with one attached hydrogen (secondary N) is 1. The lowest BCUT2D eigenvalue weighted by Gasteiger charge is -2.34. The Labute approximate surface area is 138 Å². The molecule has 1 amide bonds. The minimum atomic E-state index is -0.103. The van der Waals surface area contributed by atoms with Gasteiger partial charge in [-0.2, -0.15) is 4.98 Å². The van der Waals surface area contributed by atoms with Gasteiger partial charge in [-0.05, 0) is 13.3 Å². The van der Waals surface area contributed by atoms with Crippen LogP contribution in [0.5, 0.6) is 0 Å². The number of halogens is 1. The molecule has 1 aliphatic rings. The van der Waals surface area contributed by atoms with E-state index in [0.29, 0.717) is 18.7 Å². The molecule has 1 aromatic heterocycles. The van der Waals surface area contributed by atoms with Gasteiger partial charge in [-0.25, -0.2) is 0 Å². The van der Waals surface area contributed by atoms with Crippen LogP contribution in [0, 0.1) is 0 Å². The second kappa shape index (κ2) is 7.92. The first kappa shape index (κ1) is 18.9. The maximum atomic E-state index is 12.2. The SMILES string of the molecule is CC1CNCCN1C(=O)CCCc1nc(C(C)(C)C)no1.Cl. The largest absolute Gasteiger partial charge is 0.339 e. The highest BCUT2D eigenvalue weighted by Crippen LogP contribution is 2.19. The molecule has 0 bridgehead atoms. The molecule has 6 nitrogen and oxygen atoms in total. The summed E-state index contributed by atoms with van der Waals surface area (Å²) in [7, 11) is 0. The average molecular weight is 331 g/mol. The lowest BCUT2D eigenvalue weighted by molar-refractivity contribution is -0.134. The van der Waals surface area contributed by atoms with Crippen molar-refractivity contribution in [1.29, 1.82) is 0 Å². The molecular formula is C15H27ClN4O2. The van der Waals surface area contributed by atoms with Gasteiger partial charge in [0.25, 0.3) is 0 Å². The zero-order valence-corrected chi connectivity index (χ0v) is 14.7. The fraction of sp³-hybridized carbons (Fsp3) is 0.800. The number of rotatable bonds is 4. The van der Waals surface area contributed by atoms with E-state index >= 15 is 0 Å². The lowest BCUT2D eigenvalue weighted by atomic mass is 9.96. The number of hydrogen-bond donors (Lipinski definition) is 1. The van der Waals surface area contributed by atoms with Crippen LogP contribution in [0.1, 0.15) is 52.3 Å². The molecule has 1 aromatic rings. The maximum absolute atomic E-state index is 12.2. The molecule has 22 heavy (non-hydrogen) atoms. The van der Waals surface area contributed by atoms with Gasteiger partial charge in [-0.1, -0.05) is 25.9 Å². The second-order valence-electron chi connectivity index (χ2n) is 6.76. The van der Waals surface area contributed by atoms with Gasteiger partial charge in [-0.15, -0.1) is 12.4 Å². The summed E-state index contributed by atoms with van der Waals surface area (Å²) in [6, 6.07) is 0.280. The van der Waals surface area contributed by atoms with Gasteiger partial charge in [-0.3, -0.25) is 4.79 Å². The predicted molar refractivity (Wildman–Crippen MR) is 87.2 cm³/mol. The van der Waals surface area contributed by atoms with E-state index in [4.69, 9.17) is 4.52 Å². The van der Waals surface area contributed by atoms with Crippen LogP contribution in [0.2, 0.25) is 0 Å². The Kier molecular flexibility index (Phi) is 6.81. The van der Waals surface area contributed by atoms with Crippen molar-refractivity contribution in [2.24, 2.45) is 0 Å². The number of nitrogens with zero attached hydrogens (tertiary/aromatic N) is 3. The summed E-state index contributed by atoms with van der Waals surface area (Å²) in [6.45, 7) is 10.8. The van der Waals surface area contributed by atoms with Crippen molar-refractivity contribution in [1.82, 2.24) is 20.4 Å². The minimum Gasteiger partial charge on any atom is -0.339 e. The summed E-state index contributed by atoms with van der Waals surface area (Å²) in [5, 5.41) is 7.29. The van der Waals surface area contributed by atoms with Gasteiger partial charge >= 0.3 is 0 Å². The molecule has 0 saturated carbocycles. The Morgan fingerprint density at radius 1 is 1.45 bits per heavy atom. The molecule has 126 valence electrons. The smallest absolute Gasteiger partial charge is 0.226 e. The number of carbonyl (C=O) groups is 1. The van der Waals surface area contributed by atoms with E-state index in [1.54, 1.807) is 0 Å². The Bertz CT molecular complexity index is 484. The summed E-state index contributed by atoms with van der Waals surface area (Å²) < 4.78 is 5.24. The van der Waals surface area contributed by atoms with Gasteiger partial charge in [0.2, 0.25) is 11.8 Å². The van der Waals surface area contributed by atoms with Crippen molar-refractivity contribution in [3.8, 4) is 0 Å². The fourth-order valence-electron chi connectivity index (χ4n) is 2.41. The normalized spacial score (nSPS) is 18.9. The number of aromatic nitrogens is 2. The van der Waals surface area contributed by atoms with Gasteiger partial charge in [0.15, 0.2) is 5.82 Å². The number of carbonyl (C=O) groups excluding carboxylic acids is 1. The van der Waals surface area contributed by atoms with E-state index in [2.05, 4.69) is 43.2 Å². The van der Waals surface area contributed by atoms with Crippen molar-refractivity contribution in [3.63, 3.8) is 0 Å². The zero-order chi connectivity index (χ0) is 15.5. The minimum absolute atomic E-state index is 0. The number of piperazine rings is 1. The van der Waals surface area contributed by atoms with Crippen LogP contribution < -0.4 is 5.32 Å². The van der Waals surface area contributed by atoms with E-state index in [1.807, 2.05) is 4.90 Å². The summed E-state index contributed by atoms with van der Waals surface area (Å²) in [4.78, 5) is 18.6. The van der Waals surface area contributed by atoms with Gasteiger partial charge in [0.1, 0.15) is 0 Å². The monoisotopic (exact) mass is 330 g/mol. The summed E-state index contributed by atoms with van der Waals surface area (Å²) in [6.07, 6.45) is 1.95. The van der Waals surface area contributed by atoms with E-state index in [1.165, 1.54) is 0 Å². The fourth-order valence-corrected chi connectivity index (χ4v) is 2.41. The van der Waals surface area contributed by atoms with Crippen LogP contribution in [0.4, 0.5) is 0 Å². The molecule has 7 heteroatoms. The van der Waals surface area contributed by atoms with Crippen molar-refractivity contribution in [2.45, 2.75) is 58.4 Å². The maximum Gasteiger partial charge on any atom is 0.226 e.